The van der Waals surface area contributed by atoms with Crippen molar-refractivity contribution < 1.29 is 16.8 Å². The third-order valence-corrected chi connectivity index (χ3v) is 5.21. The lowest BCUT2D eigenvalue weighted by Gasteiger charge is -2.05. The molecule has 116 valence electrons. The first-order chi connectivity index (χ1) is 9.69. The van der Waals surface area contributed by atoms with E-state index < -0.39 is 20.0 Å². The molecule has 0 bridgehead atoms. The van der Waals surface area contributed by atoms with Crippen molar-refractivity contribution in [3.8, 4) is 0 Å². The van der Waals surface area contributed by atoms with E-state index in [2.05, 4.69) is 9.71 Å². The predicted octanol–water partition coefficient (Wildman–Crippen LogP) is -0.293. The Morgan fingerprint density at radius 1 is 1.19 bits per heavy atom. The lowest BCUT2D eigenvalue weighted by Crippen LogP contribution is -2.27. The SMILES string of the molecule is Nc1ccc2[nH]cc(S(=O)(=O)NCCCS(N)(=O)=O)c2c1. The van der Waals surface area contributed by atoms with Crippen molar-refractivity contribution in [3.63, 3.8) is 0 Å². The number of primary sulfonamides is 1. The molecule has 21 heavy (non-hydrogen) atoms. The third kappa shape index (κ3) is 3.94. The summed E-state index contributed by atoms with van der Waals surface area (Å²) in [5.74, 6) is -0.281. The fraction of sp³-hybridized carbons (Fsp3) is 0.273. The van der Waals surface area contributed by atoms with Gasteiger partial charge in [0, 0.05) is 29.3 Å². The van der Waals surface area contributed by atoms with E-state index in [1.165, 1.54) is 6.20 Å². The number of sulfonamides is 2. The summed E-state index contributed by atoms with van der Waals surface area (Å²) in [6.45, 7) is -0.0201. The number of fused-ring (bicyclic) bond motifs is 1. The van der Waals surface area contributed by atoms with E-state index in [1.807, 2.05) is 0 Å². The summed E-state index contributed by atoms with van der Waals surface area (Å²) in [5, 5.41) is 5.33. The molecule has 6 N–H and O–H groups in total. The van der Waals surface area contributed by atoms with Gasteiger partial charge in [0.2, 0.25) is 20.0 Å². The predicted molar refractivity (Wildman–Crippen MR) is 80.5 cm³/mol. The van der Waals surface area contributed by atoms with Crippen molar-refractivity contribution >= 4 is 36.6 Å². The summed E-state index contributed by atoms with van der Waals surface area (Å²) in [4.78, 5) is 2.92. The standard InChI is InChI=1S/C11H16N4O4S2/c12-8-2-3-10-9(6-8)11(7-14-10)21(18,19)15-4-1-5-20(13,16)17/h2-3,6-7,14-15H,1,4-5,12H2,(H2,13,16,17). The first kappa shape index (κ1) is 15.8. The maximum atomic E-state index is 12.2. The second kappa shape index (κ2) is 5.64. The van der Waals surface area contributed by atoms with Crippen LogP contribution < -0.4 is 15.6 Å². The molecule has 0 radical (unpaired) electrons. The summed E-state index contributed by atoms with van der Waals surface area (Å²) >= 11 is 0. The van der Waals surface area contributed by atoms with E-state index in [0.717, 1.165) is 0 Å². The Kier molecular flexibility index (Phi) is 4.23. The van der Waals surface area contributed by atoms with Gasteiger partial charge in [-0.1, -0.05) is 0 Å². The van der Waals surface area contributed by atoms with Gasteiger partial charge in [-0.3, -0.25) is 0 Å². The Morgan fingerprint density at radius 3 is 2.57 bits per heavy atom. The molecule has 1 heterocycles. The summed E-state index contributed by atoms with van der Waals surface area (Å²) in [6, 6.07) is 4.91. The molecule has 0 aliphatic rings. The van der Waals surface area contributed by atoms with Gasteiger partial charge in [-0.2, -0.15) is 0 Å². The number of benzene rings is 1. The summed E-state index contributed by atoms with van der Waals surface area (Å²) in [5.41, 5.74) is 6.75. The number of nitrogens with two attached hydrogens (primary N) is 2. The second-order valence-corrected chi connectivity index (χ2v) is 8.05. The van der Waals surface area contributed by atoms with Crippen molar-refractivity contribution in [2.45, 2.75) is 11.3 Å². The van der Waals surface area contributed by atoms with E-state index in [4.69, 9.17) is 10.9 Å². The summed E-state index contributed by atoms with van der Waals surface area (Å²) in [6.07, 6.45) is 1.47. The maximum Gasteiger partial charge on any atom is 0.242 e. The average Bonchev–Trinajstić information content (AvgIpc) is 2.77. The minimum atomic E-state index is -3.75. The van der Waals surface area contributed by atoms with Crippen LogP contribution in [0.5, 0.6) is 0 Å². The number of H-pyrrole nitrogens is 1. The monoisotopic (exact) mass is 332 g/mol. The quantitative estimate of drug-likeness (QED) is 0.423. The van der Waals surface area contributed by atoms with Gasteiger partial charge >= 0.3 is 0 Å². The number of hydrogen-bond acceptors (Lipinski definition) is 5. The van der Waals surface area contributed by atoms with E-state index >= 15 is 0 Å². The zero-order valence-corrected chi connectivity index (χ0v) is 12.7. The van der Waals surface area contributed by atoms with Gasteiger partial charge in [-0.25, -0.2) is 26.7 Å². The molecule has 0 aliphatic carbocycles. The zero-order chi connectivity index (χ0) is 15.7. The fourth-order valence-corrected chi connectivity index (χ4v) is 3.68. The molecule has 2 rings (SSSR count). The number of aromatic nitrogens is 1. The molecule has 0 amide bonds. The normalized spacial score (nSPS) is 12.8. The molecule has 0 saturated heterocycles. The van der Waals surface area contributed by atoms with Crippen LogP contribution in [0.1, 0.15) is 6.42 Å². The average molecular weight is 332 g/mol. The van der Waals surface area contributed by atoms with Crippen molar-refractivity contribution in [1.29, 1.82) is 0 Å². The Bertz CT molecular complexity index is 855. The molecule has 0 atom stereocenters. The number of anilines is 1. The molecule has 2 aromatic rings. The highest BCUT2D eigenvalue weighted by molar-refractivity contribution is 7.90. The minimum absolute atomic E-state index is 0.0201. The van der Waals surface area contributed by atoms with Crippen molar-refractivity contribution in [3.05, 3.63) is 24.4 Å². The number of nitrogen functional groups attached to an aromatic ring is 1. The van der Waals surface area contributed by atoms with Gasteiger partial charge in [0.25, 0.3) is 0 Å². The first-order valence-electron chi connectivity index (χ1n) is 6.06. The Hall–Kier alpha value is -1.62. The van der Waals surface area contributed by atoms with Crippen LogP contribution in [0.2, 0.25) is 0 Å². The van der Waals surface area contributed by atoms with Gasteiger partial charge in [0.1, 0.15) is 4.90 Å². The summed E-state index contributed by atoms with van der Waals surface area (Å²) in [7, 11) is -7.34. The van der Waals surface area contributed by atoms with E-state index in [9.17, 15) is 16.8 Å². The van der Waals surface area contributed by atoms with Crippen LogP contribution in [0.15, 0.2) is 29.3 Å². The van der Waals surface area contributed by atoms with Gasteiger partial charge in [-0.05, 0) is 24.6 Å². The van der Waals surface area contributed by atoms with Gasteiger partial charge < -0.3 is 10.7 Å². The highest BCUT2D eigenvalue weighted by Crippen LogP contribution is 2.24. The topological polar surface area (TPSA) is 148 Å². The lowest BCUT2D eigenvalue weighted by molar-refractivity contribution is 0.577. The molecule has 1 aromatic carbocycles. The van der Waals surface area contributed by atoms with Crippen LogP contribution >= 0.6 is 0 Å². The van der Waals surface area contributed by atoms with Crippen LogP contribution in [0.25, 0.3) is 10.9 Å². The van der Waals surface area contributed by atoms with Gasteiger partial charge in [0.05, 0.1) is 5.75 Å². The van der Waals surface area contributed by atoms with Crippen LogP contribution in [-0.2, 0) is 20.0 Å². The van der Waals surface area contributed by atoms with Crippen molar-refractivity contribution in [2.75, 3.05) is 18.0 Å². The van der Waals surface area contributed by atoms with E-state index in [0.29, 0.717) is 16.6 Å². The molecular formula is C11H16N4O4S2. The highest BCUT2D eigenvalue weighted by Gasteiger charge is 2.18. The molecule has 0 unspecified atom stereocenters. The number of nitrogens with one attached hydrogen (secondary N) is 2. The molecule has 0 aliphatic heterocycles. The van der Waals surface area contributed by atoms with Crippen LogP contribution in [-0.4, -0.2) is 34.1 Å². The highest BCUT2D eigenvalue weighted by atomic mass is 32.2. The molecule has 10 heteroatoms. The molecule has 8 nitrogen and oxygen atoms in total. The molecular weight excluding hydrogens is 316 g/mol. The summed E-state index contributed by atoms with van der Waals surface area (Å²) < 4.78 is 48.3. The van der Waals surface area contributed by atoms with Crippen LogP contribution in [0.3, 0.4) is 0 Å². The van der Waals surface area contributed by atoms with E-state index in [1.54, 1.807) is 18.2 Å². The fourth-order valence-electron chi connectivity index (χ4n) is 1.89. The third-order valence-electron chi connectivity index (χ3n) is 2.86. The van der Waals surface area contributed by atoms with Crippen molar-refractivity contribution in [1.82, 2.24) is 9.71 Å². The maximum absolute atomic E-state index is 12.2. The number of hydrogen-bond donors (Lipinski definition) is 4. The number of aromatic amines is 1. The molecule has 0 fully saturated rings. The van der Waals surface area contributed by atoms with Crippen LogP contribution in [0, 0.1) is 0 Å². The number of rotatable bonds is 6. The van der Waals surface area contributed by atoms with E-state index in [-0.39, 0.29) is 23.6 Å². The molecule has 0 spiro atoms. The van der Waals surface area contributed by atoms with Gasteiger partial charge in [-0.15, -0.1) is 0 Å². The largest absolute Gasteiger partial charge is 0.399 e. The first-order valence-corrected chi connectivity index (χ1v) is 9.26. The smallest absolute Gasteiger partial charge is 0.242 e. The van der Waals surface area contributed by atoms with Crippen molar-refractivity contribution in [2.24, 2.45) is 5.14 Å². The van der Waals surface area contributed by atoms with Crippen LogP contribution in [0.4, 0.5) is 5.69 Å². The Labute approximate surface area is 122 Å². The minimum Gasteiger partial charge on any atom is -0.399 e. The Morgan fingerprint density at radius 2 is 1.90 bits per heavy atom. The van der Waals surface area contributed by atoms with Gasteiger partial charge in [0.15, 0.2) is 0 Å². The lowest BCUT2D eigenvalue weighted by atomic mass is 10.2. The Balaban J connectivity index is 2.16. The molecule has 0 saturated carbocycles. The molecule has 1 aromatic heterocycles. The second-order valence-electron chi connectivity index (χ2n) is 4.58. The zero-order valence-electron chi connectivity index (χ0n) is 11.0.